The molecule has 4 radical (unpaired) electrons. The van der Waals surface area contributed by atoms with Gasteiger partial charge in [-0.15, -0.1) is 0 Å². The number of nitrogen functional groups attached to an aromatic ring is 1. The fourth-order valence-electron chi connectivity index (χ4n) is 4.63. The second-order valence-electron chi connectivity index (χ2n) is 10.8. The van der Waals surface area contributed by atoms with Gasteiger partial charge in [0.05, 0.1) is 11.3 Å². The van der Waals surface area contributed by atoms with E-state index in [1.165, 1.54) is 18.0 Å². The summed E-state index contributed by atoms with van der Waals surface area (Å²) >= 11 is 7.21. The average Bonchev–Trinajstić information content (AvgIpc) is 3.61. The van der Waals surface area contributed by atoms with Crippen LogP contribution in [0.25, 0.3) is 22.6 Å². The van der Waals surface area contributed by atoms with Crippen LogP contribution in [0.15, 0.2) is 64.2 Å². The summed E-state index contributed by atoms with van der Waals surface area (Å²) in [4.78, 5) is 33.4. The molecule has 0 aliphatic heterocycles. The summed E-state index contributed by atoms with van der Waals surface area (Å²) in [6, 6.07) is 17.9. The smallest absolute Gasteiger partial charge is 0.306 e. The number of hydrogen-bond donors (Lipinski definition) is 3. The number of halogens is 1. The van der Waals surface area contributed by atoms with Crippen molar-refractivity contribution in [1.82, 2.24) is 20.4 Å². The Labute approximate surface area is 307 Å². The number of anilines is 1. The number of nitrogens with one attached hydrogen (secondary N) is 2. The Morgan fingerprint density at radius 1 is 0.922 bits per heavy atom. The Morgan fingerprint density at radius 2 is 1.57 bits per heavy atom. The van der Waals surface area contributed by atoms with Crippen LogP contribution in [0.1, 0.15) is 42.5 Å². The van der Waals surface area contributed by atoms with Crippen LogP contribution in [0.5, 0.6) is 5.75 Å². The minimum Gasteiger partial charge on any atom is -0.490 e. The van der Waals surface area contributed by atoms with E-state index in [4.69, 9.17) is 51.9 Å². The molecule has 0 bridgehead atoms. The van der Waals surface area contributed by atoms with Crippen molar-refractivity contribution in [2.75, 3.05) is 32.0 Å². The van der Waals surface area contributed by atoms with Crippen molar-refractivity contribution in [3.63, 3.8) is 0 Å². The van der Waals surface area contributed by atoms with Crippen LogP contribution in [0.3, 0.4) is 0 Å². The number of nitrogens with two attached hydrogens (primary N) is 1. The Bertz CT molecular complexity index is 1870. The summed E-state index contributed by atoms with van der Waals surface area (Å²) in [7, 11) is 10.5. The molecule has 4 rings (SSSR count). The molecule has 1 atom stereocenters. The van der Waals surface area contributed by atoms with Crippen molar-refractivity contribution in [2.24, 2.45) is 0 Å². The van der Waals surface area contributed by atoms with Gasteiger partial charge in [-0.1, -0.05) is 35.5 Å². The summed E-state index contributed by atoms with van der Waals surface area (Å²) in [5.41, 5.74) is 8.63. The van der Waals surface area contributed by atoms with E-state index in [9.17, 15) is 20.1 Å². The molecule has 2 aromatic heterocycles. The average molecular weight is 724 g/mol. The fourth-order valence-corrected chi connectivity index (χ4v) is 5.63. The van der Waals surface area contributed by atoms with Gasteiger partial charge in [-0.2, -0.15) is 10.5 Å². The molecule has 2 heterocycles. The van der Waals surface area contributed by atoms with Crippen molar-refractivity contribution < 1.29 is 28.2 Å². The summed E-state index contributed by atoms with van der Waals surface area (Å²) in [5, 5.41) is 26.0. The number of benzene rings is 2. The number of ether oxygens (including phenoxy) is 3. The van der Waals surface area contributed by atoms with Crippen molar-refractivity contribution in [3.8, 4) is 40.5 Å². The number of hydrogen-bond acceptors (Lipinski definition) is 14. The fraction of sp³-hybridized carbons (Fsp3) is 0.294. The van der Waals surface area contributed by atoms with E-state index < -0.39 is 18.0 Å². The van der Waals surface area contributed by atoms with Crippen LogP contribution in [0, 0.1) is 22.7 Å². The van der Waals surface area contributed by atoms with Crippen molar-refractivity contribution >= 4 is 57.1 Å². The zero-order valence-corrected chi connectivity index (χ0v) is 29.0. The van der Waals surface area contributed by atoms with Crippen molar-refractivity contribution in [1.29, 1.82) is 10.5 Å². The quantitative estimate of drug-likeness (QED) is 0.0532. The Morgan fingerprint density at radius 3 is 2.22 bits per heavy atom. The predicted molar refractivity (Wildman–Crippen MR) is 192 cm³/mol. The minimum absolute atomic E-state index is 0.0305. The summed E-state index contributed by atoms with van der Waals surface area (Å²) in [5.74, 6) is 0.120. The van der Waals surface area contributed by atoms with Crippen molar-refractivity contribution in [3.05, 3.63) is 76.6 Å². The Balaban J connectivity index is 1.47. The van der Waals surface area contributed by atoms with Gasteiger partial charge in [0.15, 0.2) is 22.1 Å². The van der Waals surface area contributed by atoms with E-state index in [0.717, 1.165) is 5.56 Å². The Hall–Kier alpha value is -4.99. The molecule has 0 amide bonds. The SMILES string of the molecule is [B]NCCCC(=O)OC[C@H](COc1ccc(-c2c(C#N)c(N)nc(SCc3coc(-c4ccc(Cl)cc4)n3)c2C#N)cc1)OC(=O)CCCN[B]. The number of thioether (sulfide) groups is 1. The summed E-state index contributed by atoms with van der Waals surface area (Å²) < 4.78 is 22.3. The molecule has 13 nitrogen and oxygen atoms in total. The Kier molecular flexibility index (Phi) is 15.2. The van der Waals surface area contributed by atoms with E-state index in [1.54, 1.807) is 48.5 Å². The number of carbonyl (C=O) groups is 2. The zero-order valence-electron chi connectivity index (χ0n) is 27.4. The molecule has 0 fully saturated rings. The van der Waals surface area contributed by atoms with Gasteiger partial charge in [0.1, 0.15) is 53.8 Å². The lowest BCUT2D eigenvalue weighted by Gasteiger charge is -2.19. The summed E-state index contributed by atoms with van der Waals surface area (Å²) in [6.07, 6.45) is 1.80. The van der Waals surface area contributed by atoms with Crippen LogP contribution < -0.4 is 20.9 Å². The number of rotatable bonds is 19. The molecule has 0 saturated heterocycles. The second-order valence-corrected chi connectivity index (χ2v) is 12.2. The summed E-state index contributed by atoms with van der Waals surface area (Å²) in [6.45, 7) is 0.535. The molecule has 0 unspecified atom stereocenters. The van der Waals surface area contributed by atoms with Gasteiger partial charge < -0.3 is 34.8 Å². The number of carbonyl (C=O) groups excluding carboxylic acids is 2. The van der Waals surface area contributed by atoms with Gasteiger partial charge in [-0.3, -0.25) is 9.59 Å². The third-order valence-electron chi connectivity index (χ3n) is 7.13. The maximum Gasteiger partial charge on any atom is 0.306 e. The molecule has 0 saturated carbocycles. The molecule has 0 aliphatic rings. The minimum atomic E-state index is -0.887. The van der Waals surface area contributed by atoms with Gasteiger partial charge in [-0.05, 0) is 67.9 Å². The number of oxazole rings is 1. The first kappa shape index (κ1) is 38.8. The molecule has 258 valence electrons. The van der Waals surface area contributed by atoms with Crippen LogP contribution in [-0.2, 0) is 24.8 Å². The van der Waals surface area contributed by atoms with Crippen LogP contribution in [-0.4, -0.2) is 70.3 Å². The lowest BCUT2D eigenvalue weighted by molar-refractivity contribution is -0.161. The van der Waals surface area contributed by atoms with Gasteiger partial charge >= 0.3 is 11.9 Å². The third kappa shape index (κ3) is 11.5. The first-order valence-corrected chi connectivity index (χ1v) is 17.0. The van der Waals surface area contributed by atoms with Crippen LogP contribution >= 0.6 is 23.4 Å². The van der Waals surface area contributed by atoms with E-state index in [2.05, 4.69) is 32.6 Å². The van der Waals surface area contributed by atoms with E-state index in [0.29, 0.717) is 70.2 Å². The van der Waals surface area contributed by atoms with Gasteiger partial charge in [0.2, 0.25) is 5.89 Å². The van der Waals surface area contributed by atoms with Gasteiger partial charge in [0.25, 0.3) is 0 Å². The molecular weight excluding hydrogens is 692 g/mol. The first-order valence-electron chi connectivity index (χ1n) is 15.7. The van der Waals surface area contributed by atoms with Crippen molar-refractivity contribution in [2.45, 2.75) is 42.6 Å². The number of aromatic nitrogens is 2. The molecule has 51 heavy (non-hydrogen) atoms. The normalized spacial score (nSPS) is 11.3. The molecular formula is C34H32B2ClN7O6S. The van der Waals surface area contributed by atoms with Crippen LogP contribution in [0.2, 0.25) is 5.02 Å². The highest BCUT2D eigenvalue weighted by atomic mass is 35.5. The largest absolute Gasteiger partial charge is 0.490 e. The number of nitrogens with zero attached hydrogens (tertiary/aromatic N) is 4. The first-order chi connectivity index (χ1) is 24.8. The maximum absolute atomic E-state index is 12.4. The molecule has 4 aromatic rings. The predicted octanol–water partition coefficient (Wildman–Crippen LogP) is 4.42. The lowest BCUT2D eigenvalue weighted by Crippen LogP contribution is -2.31. The highest BCUT2D eigenvalue weighted by molar-refractivity contribution is 7.98. The number of pyridine rings is 1. The molecule has 2 aromatic carbocycles. The van der Waals surface area contributed by atoms with Gasteiger partial charge in [-0.25, -0.2) is 9.97 Å². The topological polar surface area (TPSA) is 198 Å². The molecule has 0 aliphatic carbocycles. The molecule has 4 N–H and O–H groups in total. The molecule has 0 spiro atoms. The van der Waals surface area contributed by atoms with E-state index in [-0.39, 0.29) is 43.0 Å². The number of esters is 2. The lowest BCUT2D eigenvalue weighted by atomic mass is 9.97. The maximum atomic E-state index is 12.4. The monoisotopic (exact) mass is 723 g/mol. The third-order valence-corrected chi connectivity index (χ3v) is 8.39. The molecule has 17 heteroatoms. The van der Waals surface area contributed by atoms with E-state index in [1.807, 2.05) is 0 Å². The van der Waals surface area contributed by atoms with E-state index >= 15 is 0 Å². The standard InChI is InChI=1S/C34H32B2ClN7O6S/c35-41-13-1-3-29(45)48-19-26(50-30(46)4-2-14-42-36)18-47-25-11-7-21(8-12-25)31-27(15-38)32(40)44-34(28(31)16-39)51-20-24-17-49-33(43-24)22-5-9-23(37)10-6-22/h5-12,17,26,41-42H,1-4,13-14,18-20H2,(H2,40,44)/t26-/m0/s1. The van der Waals surface area contributed by atoms with Crippen LogP contribution in [0.4, 0.5) is 5.82 Å². The highest BCUT2D eigenvalue weighted by Crippen LogP contribution is 2.37. The second kappa shape index (κ2) is 20.0. The zero-order chi connectivity index (χ0) is 36.6. The highest BCUT2D eigenvalue weighted by Gasteiger charge is 2.22. The number of nitriles is 2. The van der Waals surface area contributed by atoms with Gasteiger partial charge in [0, 0.05) is 34.7 Å².